The minimum absolute atomic E-state index is 0.0639. The summed E-state index contributed by atoms with van der Waals surface area (Å²) in [5, 5.41) is 14.3. The summed E-state index contributed by atoms with van der Waals surface area (Å²) in [5.41, 5.74) is 1.94. The van der Waals surface area contributed by atoms with Crippen LogP contribution in [-0.4, -0.2) is 29.9 Å². The molecule has 5 nitrogen and oxygen atoms in total. The number of carbonyl (C=O) groups excluding carboxylic acids is 2. The van der Waals surface area contributed by atoms with Gasteiger partial charge in [-0.15, -0.1) is 0 Å². The van der Waals surface area contributed by atoms with Crippen LogP contribution in [0, 0.1) is 18.6 Å². The van der Waals surface area contributed by atoms with Crippen LogP contribution in [0.5, 0.6) is 0 Å². The Morgan fingerprint density at radius 3 is 2.45 bits per heavy atom. The van der Waals surface area contributed by atoms with Crippen molar-refractivity contribution in [3.63, 3.8) is 0 Å². The minimum Gasteiger partial charge on any atom is -0.395 e. The number of benzene rings is 3. The molecule has 31 heavy (non-hydrogen) atoms. The maximum atomic E-state index is 13.9. The topological polar surface area (TPSA) is 78.4 Å². The fourth-order valence-corrected chi connectivity index (χ4v) is 3.21. The Labute approximate surface area is 182 Å². The van der Waals surface area contributed by atoms with E-state index in [0.29, 0.717) is 16.8 Å². The van der Waals surface area contributed by atoms with Crippen LogP contribution in [0.15, 0.2) is 54.6 Å². The number of rotatable bonds is 7. The summed E-state index contributed by atoms with van der Waals surface area (Å²) in [6.45, 7) is 1.65. The molecule has 0 spiro atoms. The van der Waals surface area contributed by atoms with Crippen LogP contribution in [-0.2, 0) is 0 Å². The van der Waals surface area contributed by atoms with Crippen LogP contribution in [0.4, 0.5) is 20.2 Å². The second-order valence-electron chi connectivity index (χ2n) is 6.78. The summed E-state index contributed by atoms with van der Waals surface area (Å²) in [6, 6.07) is 12.4. The van der Waals surface area contributed by atoms with Gasteiger partial charge >= 0.3 is 0 Å². The Morgan fingerprint density at radius 2 is 1.77 bits per heavy atom. The Kier molecular flexibility index (Phi) is 6.99. The molecule has 0 aliphatic rings. The zero-order valence-electron chi connectivity index (χ0n) is 16.5. The van der Waals surface area contributed by atoms with Crippen LogP contribution < -0.4 is 10.6 Å². The molecule has 3 N–H and O–H groups in total. The normalized spacial score (nSPS) is 10.6. The number of hydrogen-bond acceptors (Lipinski definition) is 4. The Hall–Kier alpha value is -3.29. The molecule has 3 rings (SSSR count). The quantitative estimate of drug-likeness (QED) is 0.464. The largest absolute Gasteiger partial charge is 0.395 e. The first-order valence-corrected chi connectivity index (χ1v) is 9.74. The van der Waals surface area contributed by atoms with Gasteiger partial charge in [0.15, 0.2) is 5.78 Å². The molecule has 0 aromatic heterocycles. The van der Waals surface area contributed by atoms with Crippen molar-refractivity contribution in [1.29, 1.82) is 0 Å². The standard InChI is InChI=1S/C23H19ClF2N2O3/c1-13-2-3-14(23(31)27-8-9-29)10-18(13)22(30)17-6-5-16(12-19(17)24)28-21-7-4-15(25)11-20(21)26/h2-7,10-12,28-29H,8-9H2,1H3,(H,27,31). The molecular formula is C23H19ClF2N2O3. The zero-order chi connectivity index (χ0) is 22.5. The second kappa shape index (κ2) is 9.68. The molecule has 8 heteroatoms. The fourth-order valence-electron chi connectivity index (χ4n) is 2.95. The number of aliphatic hydroxyl groups excluding tert-OH is 1. The predicted octanol–water partition coefficient (Wildman–Crippen LogP) is 4.62. The molecule has 0 aliphatic carbocycles. The monoisotopic (exact) mass is 444 g/mol. The number of ketones is 1. The molecule has 3 aromatic carbocycles. The van der Waals surface area contributed by atoms with Crippen LogP contribution in [0.25, 0.3) is 0 Å². The van der Waals surface area contributed by atoms with E-state index in [2.05, 4.69) is 10.6 Å². The van der Waals surface area contributed by atoms with Crippen molar-refractivity contribution in [1.82, 2.24) is 5.32 Å². The first-order chi connectivity index (χ1) is 14.8. The number of carbonyl (C=O) groups is 2. The second-order valence-corrected chi connectivity index (χ2v) is 7.19. The minimum atomic E-state index is -0.761. The first-order valence-electron chi connectivity index (χ1n) is 9.36. The van der Waals surface area contributed by atoms with E-state index in [1.165, 1.54) is 24.3 Å². The molecule has 0 aliphatic heterocycles. The molecule has 3 aromatic rings. The van der Waals surface area contributed by atoms with Gasteiger partial charge in [0.1, 0.15) is 11.6 Å². The maximum absolute atomic E-state index is 13.9. The predicted molar refractivity (Wildman–Crippen MR) is 115 cm³/mol. The summed E-state index contributed by atoms with van der Waals surface area (Å²) < 4.78 is 26.9. The molecule has 0 heterocycles. The molecule has 160 valence electrons. The summed E-state index contributed by atoms with van der Waals surface area (Å²) in [4.78, 5) is 25.2. The summed E-state index contributed by atoms with van der Waals surface area (Å²) >= 11 is 6.31. The highest BCUT2D eigenvalue weighted by atomic mass is 35.5. The number of aliphatic hydroxyl groups is 1. The molecule has 0 atom stereocenters. The van der Waals surface area contributed by atoms with E-state index in [0.717, 1.165) is 12.1 Å². The van der Waals surface area contributed by atoms with Crippen LogP contribution in [0.2, 0.25) is 5.02 Å². The number of amides is 1. The van der Waals surface area contributed by atoms with Gasteiger partial charge in [0.25, 0.3) is 5.91 Å². The van der Waals surface area contributed by atoms with E-state index < -0.39 is 17.5 Å². The van der Waals surface area contributed by atoms with Gasteiger partial charge < -0.3 is 15.7 Å². The van der Waals surface area contributed by atoms with E-state index in [1.54, 1.807) is 25.1 Å². The summed E-state index contributed by atoms with van der Waals surface area (Å²) in [7, 11) is 0. The molecular weight excluding hydrogens is 426 g/mol. The van der Waals surface area contributed by atoms with Gasteiger partial charge in [0.05, 0.1) is 17.3 Å². The third kappa shape index (κ3) is 5.25. The smallest absolute Gasteiger partial charge is 0.251 e. The van der Waals surface area contributed by atoms with Gasteiger partial charge in [0, 0.05) is 35.0 Å². The highest BCUT2D eigenvalue weighted by Gasteiger charge is 2.18. The average molecular weight is 445 g/mol. The summed E-state index contributed by atoms with van der Waals surface area (Å²) in [6.07, 6.45) is 0. The molecule has 1 amide bonds. The zero-order valence-corrected chi connectivity index (χ0v) is 17.3. The molecule has 0 bridgehead atoms. The number of nitrogens with one attached hydrogen (secondary N) is 2. The molecule has 0 saturated heterocycles. The lowest BCUT2D eigenvalue weighted by molar-refractivity contribution is 0.0944. The van der Waals surface area contributed by atoms with Gasteiger partial charge in [-0.1, -0.05) is 17.7 Å². The molecule has 0 radical (unpaired) electrons. The Balaban J connectivity index is 1.86. The number of halogens is 3. The lowest BCUT2D eigenvalue weighted by Crippen LogP contribution is -2.26. The van der Waals surface area contributed by atoms with Crippen molar-refractivity contribution in [3.05, 3.63) is 93.5 Å². The average Bonchev–Trinajstić information content (AvgIpc) is 2.74. The lowest BCUT2D eigenvalue weighted by atomic mass is 9.96. The molecule has 0 unspecified atom stereocenters. The molecule has 0 fully saturated rings. The van der Waals surface area contributed by atoms with E-state index in [4.69, 9.17) is 16.7 Å². The van der Waals surface area contributed by atoms with Gasteiger partial charge in [0.2, 0.25) is 0 Å². The van der Waals surface area contributed by atoms with Gasteiger partial charge in [-0.2, -0.15) is 0 Å². The lowest BCUT2D eigenvalue weighted by Gasteiger charge is -2.12. The Bertz CT molecular complexity index is 1150. The highest BCUT2D eigenvalue weighted by Crippen LogP contribution is 2.28. The van der Waals surface area contributed by atoms with Crippen LogP contribution in [0.3, 0.4) is 0 Å². The van der Waals surface area contributed by atoms with E-state index in [9.17, 15) is 18.4 Å². The van der Waals surface area contributed by atoms with Crippen LogP contribution >= 0.6 is 11.6 Å². The van der Waals surface area contributed by atoms with E-state index in [-0.39, 0.29) is 40.8 Å². The van der Waals surface area contributed by atoms with Crippen molar-refractivity contribution in [2.75, 3.05) is 18.5 Å². The van der Waals surface area contributed by atoms with Gasteiger partial charge in [-0.25, -0.2) is 8.78 Å². The highest BCUT2D eigenvalue weighted by molar-refractivity contribution is 6.35. The summed E-state index contributed by atoms with van der Waals surface area (Å²) in [5.74, 6) is -2.23. The van der Waals surface area contributed by atoms with Crippen molar-refractivity contribution in [2.45, 2.75) is 6.92 Å². The maximum Gasteiger partial charge on any atom is 0.251 e. The number of anilines is 2. The van der Waals surface area contributed by atoms with Gasteiger partial charge in [-0.3, -0.25) is 9.59 Å². The van der Waals surface area contributed by atoms with E-state index >= 15 is 0 Å². The Morgan fingerprint density at radius 1 is 1.00 bits per heavy atom. The van der Waals surface area contributed by atoms with E-state index in [1.807, 2.05) is 0 Å². The first kappa shape index (κ1) is 22.4. The van der Waals surface area contributed by atoms with Crippen molar-refractivity contribution < 1.29 is 23.5 Å². The fraction of sp³-hybridized carbons (Fsp3) is 0.130. The number of hydrogen-bond donors (Lipinski definition) is 3. The SMILES string of the molecule is Cc1ccc(C(=O)NCCO)cc1C(=O)c1ccc(Nc2ccc(F)cc2F)cc1Cl. The van der Waals surface area contributed by atoms with Crippen LogP contribution in [0.1, 0.15) is 31.8 Å². The van der Waals surface area contributed by atoms with Crippen molar-refractivity contribution in [2.24, 2.45) is 0 Å². The van der Waals surface area contributed by atoms with Crippen molar-refractivity contribution in [3.8, 4) is 0 Å². The molecule has 0 saturated carbocycles. The van der Waals surface area contributed by atoms with Gasteiger partial charge in [-0.05, 0) is 55.0 Å². The number of aryl methyl sites for hydroxylation is 1. The third-order valence-corrected chi connectivity index (χ3v) is 4.88. The van der Waals surface area contributed by atoms with Crippen molar-refractivity contribution >= 4 is 34.7 Å². The third-order valence-electron chi connectivity index (χ3n) is 4.57.